The van der Waals surface area contributed by atoms with Gasteiger partial charge in [0.1, 0.15) is 6.54 Å². The summed E-state index contributed by atoms with van der Waals surface area (Å²) in [6.45, 7) is 6.72. The summed E-state index contributed by atoms with van der Waals surface area (Å²) < 4.78 is 4.92. The highest BCUT2D eigenvalue weighted by atomic mass is 16.5. The molecule has 1 heterocycles. The van der Waals surface area contributed by atoms with Crippen molar-refractivity contribution in [3.05, 3.63) is 29.6 Å². The summed E-state index contributed by atoms with van der Waals surface area (Å²) in [6.07, 6.45) is 1.55. The molecule has 0 saturated heterocycles. The summed E-state index contributed by atoms with van der Waals surface area (Å²) in [7, 11) is 0. The molecular formula is C15H23N3O3. The fourth-order valence-corrected chi connectivity index (χ4v) is 1.93. The first-order valence-electron chi connectivity index (χ1n) is 7.07. The normalized spacial score (nSPS) is 10.5. The van der Waals surface area contributed by atoms with E-state index in [9.17, 15) is 9.59 Å². The zero-order chi connectivity index (χ0) is 15.8. The second-order valence-corrected chi connectivity index (χ2v) is 5.12. The summed E-state index contributed by atoms with van der Waals surface area (Å²) in [4.78, 5) is 29.7. The summed E-state index contributed by atoms with van der Waals surface area (Å²) in [5.41, 5.74) is 6.66. The number of amides is 1. The lowest BCUT2D eigenvalue weighted by Gasteiger charge is -2.23. The van der Waals surface area contributed by atoms with Crippen molar-refractivity contribution in [2.75, 3.05) is 19.7 Å². The van der Waals surface area contributed by atoms with E-state index in [4.69, 9.17) is 10.5 Å². The molecule has 0 atom stereocenters. The number of carbonyl (C=O) groups excluding carboxylic acids is 2. The highest BCUT2D eigenvalue weighted by molar-refractivity contribution is 5.96. The second-order valence-electron chi connectivity index (χ2n) is 5.12. The molecule has 0 spiro atoms. The molecule has 0 aromatic carbocycles. The maximum absolute atomic E-state index is 12.5. The van der Waals surface area contributed by atoms with Crippen molar-refractivity contribution in [3.63, 3.8) is 0 Å². The molecule has 0 bridgehead atoms. The van der Waals surface area contributed by atoms with Gasteiger partial charge in [0.15, 0.2) is 0 Å². The number of nitrogens with zero attached hydrogens (tertiary/aromatic N) is 2. The monoisotopic (exact) mass is 293 g/mol. The topological polar surface area (TPSA) is 85.5 Å². The van der Waals surface area contributed by atoms with Gasteiger partial charge in [-0.05, 0) is 25.0 Å². The molecule has 0 aliphatic heterocycles. The zero-order valence-electron chi connectivity index (χ0n) is 12.8. The number of carbonyl (C=O) groups is 2. The standard InChI is InChI=1S/C15H23N3O3/c1-4-21-14(19)10-18(9-11(2)3)15(20)12-5-6-17-13(7-12)8-16/h5-7,11H,4,8-10,16H2,1-3H3. The summed E-state index contributed by atoms with van der Waals surface area (Å²) in [5.74, 6) is -0.368. The van der Waals surface area contributed by atoms with Gasteiger partial charge >= 0.3 is 5.97 Å². The summed E-state index contributed by atoms with van der Waals surface area (Å²) in [5, 5.41) is 0. The molecule has 0 unspecified atom stereocenters. The molecular weight excluding hydrogens is 270 g/mol. The maximum Gasteiger partial charge on any atom is 0.325 e. The van der Waals surface area contributed by atoms with Gasteiger partial charge < -0.3 is 15.4 Å². The predicted octanol–water partition coefficient (Wildman–Crippen LogP) is 1.20. The number of hydrogen-bond donors (Lipinski definition) is 1. The lowest BCUT2D eigenvalue weighted by Crippen LogP contribution is -2.39. The SMILES string of the molecule is CCOC(=O)CN(CC(C)C)C(=O)c1ccnc(CN)c1. The first-order chi connectivity index (χ1) is 9.97. The molecule has 1 amide bonds. The summed E-state index contributed by atoms with van der Waals surface area (Å²) >= 11 is 0. The lowest BCUT2D eigenvalue weighted by atomic mass is 10.1. The van der Waals surface area contributed by atoms with E-state index >= 15 is 0 Å². The van der Waals surface area contributed by atoms with Crippen LogP contribution in [0.25, 0.3) is 0 Å². The minimum atomic E-state index is -0.403. The van der Waals surface area contributed by atoms with Crippen molar-refractivity contribution in [2.45, 2.75) is 27.3 Å². The highest BCUT2D eigenvalue weighted by Crippen LogP contribution is 2.09. The van der Waals surface area contributed by atoms with Gasteiger partial charge in [0.05, 0.1) is 12.3 Å². The van der Waals surface area contributed by atoms with Gasteiger partial charge in [0.2, 0.25) is 0 Å². The lowest BCUT2D eigenvalue weighted by molar-refractivity contribution is -0.143. The number of pyridine rings is 1. The molecule has 0 fully saturated rings. The molecule has 6 nitrogen and oxygen atoms in total. The van der Waals surface area contributed by atoms with Gasteiger partial charge in [0, 0.05) is 24.8 Å². The largest absolute Gasteiger partial charge is 0.465 e. The van der Waals surface area contributed by atoms with Crippen LogP contribution in [0.1, 0.15) is 36.8 Å². The van der Waals surface area contributed by atoms with Crippen LogP contribution in [0.5, 0.6) is 0 Å². The molecule has 6 heteroatoms. The van der Waals surface area contributed by atoms with E-state index in [2.05, 4.69) is 4.98 Å². The minimum absolute atomic E-state index is 0.0505. The Morgan fingerprint density at radius 1 is 1.43 bits per heavy atom. The zero-order valence-corrected chi connectivity index (χ0v) is 12.8. The fourth-order valence-electron chi connectivity index (χ4n) is 1.93. The van der Waals surface area contributed by atoms with Crippen molar-refractivity contribution in [2.24, 2.45) is 11.7 Å². The van der Waals surface area contributed by atoms with Gasteiger partial charge in [-0.2, -0.15) is 0 Å². The van der Waals surface area contributed by atoms with Gasteiger partial charge in [-0.3, -0.25) is 14.6 Å². The first kappa shape index (κ1) is 17.1. The second kappa shape index (κ2) is 8.36. The van der Waals surface area contributed by atoms with E-state index in [0.29, 0.717) is 24.4 Å². The van der Waals surface area contributed by atoms with Crippen molar-refractivity contribution >= 4 is 11.9 Å². The summed E-state index contributed by atoms with van der Waals surface area (Å²) in [6, 6.07) is 3.28. The van der Waals surface area contributed by atoms with Crippen LogP contribution in [0.3, 0.4) is 0 Å². The Kier molecular flexibility index (Phi) is 6.81. The molecule has 0 aliphatic carbocycles. The van der Waals surface area contributed by atoms with Gasteiger partial charge in [-0.1, -0.05) is 13.8 Å². The molecule has 1 aromatic heterocycles. The van der Waals surface area contributed by atoms with E-state index in [1.165, 1.54) is 4.90 Å². The number of esters is 1. The Morgan fingerprint density at radius 2 is 2.14 bits per heavy atom. The first-order valence-corrected chi connectivity index (χ1v) is 7.07. The minimum Gasteiger partial charge on any atom is -0.465 e. The molecule has 1 aromatic rings. The molecule has 2 N–H and O–H groups in total. The van der Waals surface area contributed by atoms with Crippen LogP contribution in [0, 0.1) is 5.92 Å². The Balaban J connectivity index is 2.90. The molecule has 0 aliphatic rings. The third-order valence-corrected chi connectivity index (χ3v) is 2.77. The Labute approximate surface area is 125 Å². The van der Waals surface area contributed by atoms with Crippen molar-refractivity contribution in [1.29, 1.82) is 0 Å². The van der Waals surface area contributed by atoms with Crippen LogP contribution in [0.15, 0.2) is 18.3 Å². The fraction of sp³-hybridized carbons (Fsp3) is 0.533. The Hall–Kier alpha value is -1.95. The molecule has 0 radical (unpaired) electrons. The van der Waals surface area contributed by atoms with Crippen LogP contribution in [-0.2, 0) is 16.1 Å². The number of ether oxygens (including phenoxy) is 1. The van der Waals surface area contributed by atoms with E-state index in [-0.39, 0.29) is 24.9 Å². The van der Waals surface area contributed by atoms with E-state index in [1.54, 1.807) is 25.3 Å². The van der Waals surface area contributed by atoms with E-state index in [1.807, 2.05) is 13.8 Å². The number of rotatable bonds is 7. The van der Waals surface area contributed by atoms with Crippen molar-refractivity contribution in [1.82, 2.24) is 9.88 Å². The van der Waals surface area contributed by atoms with Crippen LogP contribution >= 0.6 is 0 Å². The predicted molar refractivity (Wildman–Crippen MR) is 79.5 cm³/mol. The van der Waals surface area contributed by atoms with Crippen LogP contribution in [0.4, 0.5) is 0 Å². The third-order valence-electron chi connectivity index (χ3n) is 2.77. The van der Waals surface area contributed by atoms with Crippen molar-refractivity contribution < 1.29 is 14.3 Å². The number of hydrogen-bond acceptors (Lipinski definition) is 5. The molecule has 0 saturated carbocycles. The van der Waals surface area contributed by atoms with Gasteiger partial charge in [-0.15, -0.1) is 0 Å². The molecule has 21 heavy (non-hydrogen) atoms. The van der Waals surface area contributed by atoms with Crippen molar-refractivity contribution in [3.8, 4) is 0 Å². The molecule has 1 rings (SSSR count). The molecule has 116 valence electrons. The quantitative estimate of drug-likeness (QED) is 0.763. The smallest absolute Gasteiger partial charge is 0.325 e. The Morgan fingerprint density at radius 3 is 2.71 bits per heavy atom. The number of aromatic nitrogens is 1. The van der Waals surface area contributed by atoms with Crippen LogP contribution in [0.2, 0.25) is 0 Å². The van der Waals surface area contributed by atoms with Gasteiger partial charge in [-0.25, -0.2) is 0 Å². The van der Waals surface area contributed by atoms with Crippen LogP contribution < -0.4 is 5.73 Å². The van der Waals surface area contributed by atoms with E-state index in [0.717, 1.165) is 0 Å². The maximum atomic E-state index is 12.5. The van der Waals surface area contributed by atoms with Crippen LogP contribution in [-0.4, -0.2) is 41.5 Å². The average molecular weight is 293 g/mol. The Bertz CT molecular complexity index is 489. The highest BCUT2D eigenvalue weighted by Gasteiger charge is 2.20. The van der Waals surface area contributed by atoms with E-state index < -0.39 is 5.97 Å². The van der Waals surface area contributed by atoms with Gasteiger partial charge in [0.25, 0.3) is 5.91 Å². The average Bonchev–Trinajstić information content (AvgIpc) is 2.45. The third kappa shape index (κ3) is 5.51. The number of nitrogens with two attached hydrogens (primary N) is 1.